The first-order valence-corrected chi connectivity index (χ1v) is 39.5. The van der Waals surface area contributed by atoms with Gasteiger partial charge in [0.05, 0.1) is 15.2 Å². The second kappa shape index (κ2) is 8.15. The number of hydrogen-bond donors (Lipinski definition) is 0. The topological polar surface area (TPSA) is 0 Å². The Morgan fingerprint density at radius 1 is 0.367 bits per heavy atom. The minimum atomic E-state index is -1.30. The first kappa shape index (κ1) is 29.8. The van der Waals surface area contributed by atoms with Gasteiger partial charge >= 0.3 is 0 Å². The molecule has 0 atom stereocenters. The fourth-order valence-corrected chi connectivity index (χ4v) is 151. The highest BCUT2D eigenvalue weighted by Gasteiger charge is 2.67. The minimum Gasteiger partial charge on any atom is -0.0694 e. The first-order chi connectivity index (χ1) is 12.7. The van der Waals surface area contributed by atoms with E-state index in [1.807, 2.05) is 0 Å². The van der Waals surface area contributed by atoms with Crippen LogP contribution in [0.1, 0.15) is 12.8 Å². The quantitative estimate of drug-likeness (QED) is 0.292. The van der Waals surface area contributed by atoms with Crippen LogP contribution in [0, 0.1) is 0 Å². The van der Waals surface area contributed by atoms with Gasteiger partial charge in [-0.25, -0.2) is 0 Å². The number of hydrogen-bond acceptors (Lipinski definition) is 0. The van der Waals surface area contributed by atoms with Crippen LogP contribution in [0.15, 0.2) is 0 Å². The summed E-state index contributed by atoms with van der Waals surface area (Å²) in [5.41, 5.74) is 0. The molecule has 1 aliphatic heterocycles. The Kier molecular flexibility index (Phi) is 8.09. The smallest absolute Gasteiger partial charge is 0.0501 e. The summed E-state index contributed by atoms with van der Waals surface area (Å²) in [6, 6.07) is 0. The lowest BCUT2D eigenvalue weighted by atomic mass is 10.3. The van der Waals surface area contributed by atoms with Crippen molar-refractivity contribution < 1.29 is 0 Å². The fourth-order valence-electron chi connectivity index (χ4n) is 8.33. The zero-order valence-electron chi connectivity index (χ0n) is 24.4. The molecular formula is C22H58Si8. The molecule has 0 saturated heterocycles. The summed E-state index contributed by atoms with van der Waals surface area (Å²) in [4.78, 5) is 0. The van der Waals surface area contributed by atoms with E-state index in [4.69, 9.17) is 0 Å². The standard InChI is InChI=1S/C22H58Si8/c1-25(2,3)21(26(4,5)6)19-20-22(27(7,8)9,28(10,11)12)24(30(16,17)18)23(21)29(13,14)15/h19-20H2,1-18H3. The molecule has 0 aromatic heterocycles. The molecule has 30 heavy (non-hydrogen) atoms. The Morgan fingerprint density at radius 2 is 0.533 bits per heavy atom. The predicted molar refractivity (Wildman–Crippen MR) is 166 cm³/mol. The van der Waals surface area contributed by atoms with E-state index in [1.54, 1.807) is 12.8 Å². The van der Waals surface area contributed by atoms with Crippen molar-refractivity contribution in [2.45, 2.75) is 139 Å². The highest BCUT2D eigenvalue weighted by molar-refractivity contribution is 7.61. The molecule has 0 aromatic carbocycles. The summed E-state index contributed by atoms with van der Waals surface area (Å²) in [6.07, 6.45) is 3.29. The largest absolute Gasteiger partial charge is 0.0694 e. The molecular weight excluding hydrogens is 489 g/mol. The van der Waals surface area contributed by atoms with Crippen LogP contribution in [0.4, 0.5) is 0 Å². The van der Waals surface area contributed by atoms with E-state index in [9.17, 15) is 0 Å². The fraction of sp³-hybridized carbons (Fsp3) is 1.00. The van der Waals surface area contributed by atoms with Gasteiger partial charge in [-0.2, -0.15) is 0 Å². The van der Waals surface area contributed by atoms with Crippen LogP contribution in [-0.2, 0) is 0 Å². The summed E-state index contributed by atoms with van der Waals surface area (Å²) in [6.45, 7) is 50.9. The molecule has 0 bridgehead atoms. The highest BCUT2D eigenvalue weighted by Crippen LogP contribution is 2.64. The van der Waals surface area contributed by atoms with Crippen LogP contribution >= 0.6 is 0 Å². The molecule has 0 saturated carbocycles. The normalized spacial score (nSPS) is 21.8. The van der Waals surface area contributed by atoms with Gasteiger partial charge in [0.15, 0.2) is 0 Å². The predicted octanol–water partition coefficient (Wildman–Crippen LogP) is 8.67. The van der Waals surface area contributed by atoms with E-state index >= 15 is 0 Å². The molecule has 0 fully saturated rings. The third-order valence-electron chi connectivity index (χ3n) is 8.60. The molecule has 0 aliphatic carbocycles. The molecule has 0 nitrogen and oxygen atoms in total. The summed E-state index contributed by atoms with van der Waals surface area (Å²) >= 11 is 0. The molecule has 0 N–H and O–H groups in total. The number of rotatable bonds is 6. The molecule has 0 unspecified atom stereocenters. The molecule has 1 aliphatic rings. The van der Waals surface area contributed by atoms with Crippen molar-refractivity contribution in [1.29, 1.82) is 0 Å². The van der Waals surface area contributed by atoms with Crippen molar-refractivity contribution >= 4 is 62.3 Å². The maximum absolute atomic E-state index is 2.85. The summed E-state index contributed by atoms with van der Waals surface area (Å²) < 4.78 is 1.68. The van der Waals surface area contributed by atoms with Gasteiger partial charge in [0.2, 0.25) is 0 Å². The molecule has 178 valence electrons. The summed E-state index contributed by atoms with van der Waals surface area (Å²) in [5.74, 6) is 0. The average Bonchev–Trinajstić information content (AvgIpc) is 2.38. The Balaban J connectivity index is 4.56. The zero-order valence-corrected chi connectivity index (χ0v) is 32.4. The van der Waals surface area contributed by atoms with Crippen LogP contribution in [0.5, 0.6) is 0 Å². The van der Waals surface area contributed by atoms with E-state index in [0.29, 0.717) is 0 Å². The maximum Gasteiger partial charge on any atom is 0.0501 e. The first-order valence-electron chi connectivity index (χ1n) is 12.5. The van der Waals surface area contributed by atoms with Gasteiger partial charge in [0, 0.05) is 32.3 Å². The van der Waals surface area contributed by atoms with Crippen molar-refractivity contribution in [1.82, 2.24) is 0 Å². The van der Waals surface area contributed by atoms with Crippen molar-refractivity contribution in [2.75, 3.05) is 0 Å². The van der Waals surface area contributed by atoms with Crippen molar-refractivity contribution in [3.8, 4) is 0 Å². The Labute approximate surface area is 200 Å². The van der Waals surface area contributed by atoms with Crippen molar-refractivity contribution in [2.24, 2.45) is 0 Å². The molecule has 1 heterocycles. The molecule has 0 aromatic rings. The van der Waals surface area contributed by atoms with Crippen LogP contribution in [-0.4, -0.2) is 62.3 Å². The van der Waals surface area contributed by atoms with Crippen LogP contribution in [0.2, 0.25) is 126 Å². The molecule has 1 rings (SSSR count). The monoisotopic (exact) mass is 546 g/mol. The lowest BCUT2D eigenvalue weighted by Crippen LogP contribution is -2.77. The lowest BCUT2D eigenvalue weighted by molar-refractivity contribution is 0.679. The zero-order chi connectivity index (χ0) is 24.6. The lowest BCUT2D eigenvalue weighted by Gasteiger charge is -2.68. The Hall–Kier alpha value is 1.74. The Morgan fingerprint density at radius 3 is 0.633 bits per heavy atom. The van der Waals surface area contributed by atoms with Crippen molar-refractivity contribution in [3.05, 3.63) is 0 Å². The maximum atomic E-state index is 2.85. The second-order valence-corrected chi connectivity index (χ2v) is 71.2. The van der Waals surface area contributed by atoms with E-state index in [2.05, 4.69) is 118 Å². The van der Waals surface area contributed by atoms with Gasteiger partial charge in [-0.15, -0.1) is 0 Å². The van der Waals surface area contributed by atoms with Gasteiger partial charge < -0.3 is 0 Å². The van der Waals surface area contributed by atoms with E-state index < -0.39 is 47.5 Å². The Bertz CT molecular complexity index is 592. The van der Waals surface area contributed by atoms with Gasteiger partial charge in [0.25, 0.3) is 0 Å². The van der Waals surface area contributed by atoms with Gasteiger partial charge in [-0.3, -0.25) is 0 Å². The third kappa shape index (κ3) is 4.64. The van der Waals surface area contributed by atoms with Crippen molar-refractivity contribution in [3.63, 3.8) is 0 Å². The average molecular weight is 547 g/mol. The highest BCUT2D eigenvalue weighted by atomic mass is 29.6. The van der Waals surface area contributed by atoms with Crippen LogP contribution in [0.3, 0.4) is 0 Å². The van der Waals surface area contributed by atoms with E-state index in [1.165, 1.54) is 0 Å². The SMILES string of the molecule is C[Si](C)(C)[Si]1=[Si]([Si](C)(C)C)C([Si](C)(C)C)([Si](C)(C)C)CCC1([Si](C)(C)C)[Si](C)(C)C. The minimum absolute atomic E-state index is 0.347. The second-order valence-electron chi connectivity index (χ2n) is 16.6. The molecule has 0 radical (unpaired) electrons. The van der Waals surface area contributed by atoms with E-state index in [0.717, 1.165) is 8.57 Å². The third-order valence-corrected chi connectivity index (χ3v) is 88.4. The molecule has 0 amide bonds. The molecule has 0 spiro atoms. The van der Waals surface area contributed by atoms with Crippen LogP contribution in [0.25, 0.3) is 0 Å². The molecule has 8 heteroatoms. The summed E-state index contributed by atoms with van der Waals surface area (Å²) in [7, 11) is -8.35. The van der Waals surface area contributed by atoms with Gasteiger partial charge in [0.1, 0.15) is 0 Å². The van der Waals surface area contributed by atoms with Gasteiger partial charge in [-0.1, -0.05) is 131 Å². The summed E-state index contributed by atoms with van der Waals surface area (Å²) in [5, 5.41) is 0. The van der Waals surface area contributed by atoms with Crippen LogP contribution < -0.4 is 0 Å². The van der Waals surface area contributed by atoms with E-state index in [-0.39, 0.29) is 14.8 Å². The van der Waals surface area contributed by atoms with Gasteiger partial charge in [-0.05, 0) is 23.4 Å².